The van der Waals surface area contributed by atoms with Gasteiger partial charge in [0.1, 0.15) is 15.5 Å². The monoisotopic (exact) mass is 467 g/mol. The summed E-state index contributed by atoms with van der Waals surface area (Å²) in [6.45, 7) is 5.90. The molecule has 1 fully saturated rings. The first-order chi connectivity index (χ1) is 14.6. The van der Waals surface area contributed by atoms with Gasteiger partial charge >= 0.3 is 5.97 Å². The van der Waals surface area contributed by atoms with Crippen LogP contribution in [0.4, 0.5) is 0 Å². The molecule has 0 spiro atoms. The molecule has 9 nitrogen and oxygen atoms in total. The third kappa shape index (κ3) is 3.89. The lowest BCUT2D eigenvalue weighted by atomic mass is 10.2. The van der Waals surface area contributed by atoms with E-state index >= 15 is 0 Å². The van der Waals surface area contributed by atoms with E-state index in [0.29, 0.717) is 35.3 Å². The molecule has 2 aromatic rings. The number of ether oxygens (including phenoxy) is 1. The summed E-state index contributed by atoms with van der Waals surface area (Å²) < 4.78 is 30.7. The summed E-state index contributed by atoms with van der Waals surface area (Å²) in [7, 11) is -3.14. The van der Waals surface area contributed by atoms with E-state index in [2.05, 4.69) is 4.98 Å². The third-order valence-electron chi connectivity index (χ3n) is 6.00. The molecule has 168 valence electrons. The number of hydrogen-bond donors (Lipinski definition) is 0. The van der Waals surface area contributed by atoms with Crippen LogP contribution >= 0.6 is 11.3 Å². The van der Waals surface area contributed by atoms with E-state index in [4.69, 9.17) is 4.74 Å². The fourth-order valence-electron chi connectivity index (χ4n) is 4.38. The van der Waals surface area contributed by atoms with Crippen molar-refractivity contribution in [3.8, 4) is 0 Å². The first kappa shape index (κ1) is 21.9. The number of rotatable bonds is 5. The average molecular weight is 468 g/mol. The molecule has 2 aliphatic heterocycles. The molecule has 1 amide bonds. The van der Waals surface area contributed by atoms with Gasteiger partial charge in [-0.2, -0.15) is 0 Å². The molecule has 2 aromatic heterocycles. The molecular weight excluding hydrogens is 442 g/mol. The van der Waals surface area contributed by atoms with E-state index in [1.165, 1.54) is 11.8 Å². The molecule has 0 bridgehead atoms. The predicted molar refractivity (Wildman–Crippen MR) is 116 cm³/mol. The Bertz CT molecular complexity index is 1230. The molecule has 0 saturated carbocycles. The Kier molecular flexibility index (Phi) is 5.67. The molecule has 0 aromatic carbocycles. The molecule has 4 heterocycles. The van der Waals surface area contributed by atoms with Crippen molar-refractivity contribution in [2.24, 2.45) is 0 Å². The Labute approximate surface area is 183 Å². The predicted octanol–water partition coefficient (Wildman–Crippen LogP) is 1.29. The second-order valence-electron chi connectivity index (χ2n) is 8.05. The summed E-state index contributed by atoms with van der Waals surface area (Å²) in [5, 5.41) is 0.424. The highest BCUT2D eigenvalue weighted by Crippen LogP contribution is 2.29. The normalized spacial score (nSPS) is 20.5. The van der Waals surface area contributed by atoms with E-state index < -0.39 is 33.9 Å². The van der Waals surface area contributed by atoms with E-state index in [9.17, 15) is 22.8 Å². The summed E-state index contributed by atoms with van der Waals surface area (Å²) in [4.78, 5) is 45.3. The van der Waals surface area contributed by atoms with Gasteiger partial charge in [0.15, 0.2) is 15.9 Å². The minimum absolute atomic E-state index is 0.0586. The van der Waals surface area contributed by atoms with Crippen LogP contribution in [-0.2, 0) is 32.3 Å². The van der Waals surface area contributed by atoms with Crippen molar-refractivity contribution in [1.29, 1.82) is 0 Å². The molecular formula is C20H25N3O6S2. The summed E-state index contributed by atoms with van der Waals surface area (Å²) >= 11 is 1.10. The van der Waals surface area contributed by atoms with Crippen LogP contribution in [0.5, 0.6) is 0 Å². The minimum Gasteiger partial charge on any atom is -0.448 e. The highest BCUT2D eigenvalue weighted by molar-refractivity contribution is 7.91. The van der Waals surface area contributed by atoms with E-state index in [1.54, 1.807) is 18.4 Å². The average Bonchev–Trinajstić information content (AvgIpc) is 3.40. The largest absolute Gasteiger partial charge is 0.448 e. The maximum atomic E-state index is 12.9. The molecule has 0 unspecified atom stereocenters. The fraction of sp³-hybridized carbons (Fsp3) is 0.600. The lowest BCUT2D eigenvalue weighted by Gasteiger charge is -2.29. The van der Waals surface area contributed by atoms with Crippen LogP contribution in [0.25, 0.3) is 10.2 Å². The van der Waals surface area contributed by atoms with Crippen LogP contribution in [-0.4, -0.2) is 64.9 Å². The first-order valence-electron chi connectivity index (χ1n) is 10.4. The number of likely N-dealkylation sites (N-methyl/N-ethyl adjacent to an activating group) is 1. The highest BCUT2D eigenvalue weighted by Gasteiger charge is 2.36. The van der Waals surface area contributed by atoms with Gasteiger partial charge in [-0.05, 0) is 39.2 Å². The molecule has 0 aliphatic carbocycles. The maximum absolute atomic E-state index is 12.9. The van der Waals surface area contributed by atoms with Crippen molar-refractivity contribution in [1.82, 2.24) is 14.5 Å². The van der Waals surface area contributed by atoms with Crippen molar-refractivity contribution < 1.29 is 22.7 Å². The lowest BCUT2D eigenvalue weighted by molar-refractivity contribution is -0.141. The van der Waals surface area contributed by atoms with Gasteiger partial charge in [0.05, 0.1) is 16.9 Å². The van der Waals surface area contributed by atoms with Crippen LogP contribution in [0.1, 0.15) is 47.7 Å². The standard InChI is InChI=1S/C20H25N3O6S2/c1-4-22(13-7-9-31(27,28)10-13)18(24)12(3)29-20(26)16-11(2)15-17(30-16)21-14-6-5-8-23(14)19(15)25/h12-13H,4-10H2,1-3H3/t12-,13+/m1/s1. The zero-order chi connectivity index (χ0) is 22.5. The zero-order valence-electron chi connectivity index (χ0n) is 17.7. The Morgan fingerprint density at radius 1 is 1.39 bits per heavy atom. The molecule has 11 heteroatoms. The number of amides is 1. The van der Waals surface area contributed by atoms with Crippen LogP contribution in [0.15, 0.2) is 4.79 Å². The minimum atomic E-state index is -3.14. The van der Waals surface area contributed by atoms with Gasteiger partial charge in [0.25, 0.3) is 11.5 Å². The van der Waals surface area contributed by atoms with Gasteiger partial charge in [0.2, 0.25) is 0 Å². The number of nitrogens with zero attached hydrogens (tertiary/aromatic N) is 3. The van der Waals surface area contributed by atoms with Crippen molar-refractivity contribution in [3.63, 3.8) is 0 Å². The maximum Gasteiger partial charge on any atom is 0.349 e. The summed E-state index contributed by atoms with van der Waals surface area (Å²) in [6.07, 6.45) is 0.929. The van der Waals surface area contributed by atoms with Gasteiger partial charge < -0.3 is 9.64 Å². The van der Waals surface area contributed by atoms with E-state index in [0.717, 1.165) is 30.0 Å². The number of carbonyl (C=O) groups is 2. The zero-order valence-corrected chi connectivity index (χ0v) is 19.3. The van der Waals surface area contributed by atoms with Gasteiger partial charge in [-0.1, -0.05) is 0 Å². The smallest absolute Gasteiger partial charge is 0.349 e. The summed E-state index contributed by atoms with van der Waals surface area (Å²) in [6, 6.07) is -0.402. The lowest BCUT2D eigenvalue weighted by Crippen LogP contribution is -2.46. The number of carbonyl (C=O) groups excluding carboxylic acids is 2. The Morgan fingerprint density at radius 2 is 2.13 bits per heavy atom. The van der Waals surface area contributed by atoms with Crippen LogP contribution in [0.2, 0.25) is 0 Å². The number of esters is 1. The number of thiophene rings is 1. The Balaban J connectivity index is 1.54. The first-order valence-corrected chi connectivity index (χ1v) is 13.0. The van der Waals surface area contributed by atoms with Crippen LogP contribution in [0, 0.1) is 6.92 Å². The molecule has 1 saturated heterocycles. The highest BCUT2D eigenvalue weighted by atomic mass is 32.2. The van der Waals surface area contributed by atoms with Crippen molar-refractivity contribution in [2.45, 2.75) is 58.7 Å². The molecule has 0 N–H and O–H groups in total. The molecule has 2 atom stereocenters. The quantitative estimate of drug-likeness (QED) is 0.609. The number of aromatic nitrogens is 2. The topological polar surface area (TPSA) is 116 Å². The van der Waals surface area contributed by atoms with Crippen molar-refractivity contribution in [2.75, 3.05) is 18.1 Å². The molecule has 2 aliphatic rings. The van der Waals surface area contributed by atoms with Gasteiger partial charge in [-0.25, -0.2) is 18.2 Å². The summed E-state index contributed by atoms with van der Waals surface area (Å²) in [5.74, 6) is -0.381. The number of fused-ring (bicyclic) bond motifs is 2. The second kappa shape index (κ2) is 8.01. The molecule has 4 rings (SSSR count). The van der Waals surface area contributed by atoms with Crippen LogP contribution < -0.4 is 5.56 Å². The second-order valence-corrected chi connectivity index (χ2v) is 11.3. The number of hydrogen-bond acceptors (Lipinski definition) is 8. The molecule has 0 radical (unpaired) electrons. The van der Waals surface area contributed by atoms with Gasteiger partial charge in [-0.3, -0.25) is 14.2 Å². The third-order valence-corrected chi connectivity index (χ3v) is 8.92. The number of aryl methyl sites for hydroxylation is 2. The van der Waals surface area contributed by atoms with Gasteiger partial charge in [-0.15, -0.1) is 11.3 Å². The van der Waals surface area contributed by atoms with Crippen LogP contribution in [0.3, 0.4) is 0 Å². The Hall–Kier alpha value is -2.27. The summed E-state index contributed by atoms with van der Waals surface area (Å²) in [5.41, 5.74) is 0.368. The fourth-order valence-corrected chi connectivity index (χ4v) is 7.19. The SMILES string of the molecule is CCN(C(=O)[C@@H](C)OC(=O)c1sc2nc3n(c(=O)c2c1C)CCC3)[C@H]1CCS(=O)(=O)C1. The van der Waals surface area contributed by atoms with E-state index in [-0.39, 0.29) is 21.9 Å². The Morgan fingerprint density at radius 3 is 2.77 bits per heavy atom. The van der Waals surface area contributed by atoms with E-state index in [1.807, 2.05) is 0 Å². The molecule has 31 heavy (non-hydrogen) atoms. The van der Waals surface area contributed by atoms with Crippen molar-refractivity contribution in [3.05, 3.63) is 26.6 Å². The van der Waals surface area contributed by atoms with Crippen molar-refractivity contribution >= 4 is 43.3 Å². The van der Waals surface area contributed by atoms with Gasteiger partial charge in [0, 0.05) is 25.6 Å². The number of sulfone groups is 1.